The third-order valence-corrected chi connectivity index (χ3v) is 9.77. The molecule has 0 radical (unpaired) electrons. The Kier molecular flexibility index (Phi) is 7.97. The van der Waals surface area contributed by atoms with Gasteiger partial charge in [0.05, 0.1) is 19.2 Å². The van der Waals surface area contributed by atoms with Crippen LogP contribution in [0.25, 0.3) is 11.1 Å². The van der Waals surface area contributed by atoms with E-state index in [0.717, 1.165) is 78.9 Å². The molecule has 0 spiro atoms. The highest BCUT2D eigenvalue weighted by Crippen LogP contribution is 2.48. The second-order valence-corrected chi connectivity index (χ2v) is 12.8. The number of carboxylic acid groups (broad SMARTS) is 1. The van der Waals surface area contributed by atoms with Crippen molar-refractivity contribution in [2.24, 2.45) is 23.7 Å². The van der Waals surface area contributed by atoms with Gasteiger partial charge in [0.25, 0.3) is 0 Å². The van der Waals surface area contributed by atoms with E-state index >= 15 is 4.39 Å². The molecule has 5 atom stereocenters. The molecule has 6 nitrogen and oxygen atoms in total. The first-order valence-electron chi connectivity index (χ1n) is 15.3. The lowest BCUT2D eigenvalue weighted by Crippen LogP contribution is -2.22. The Hall–Kier alpha value is -3.45. The Bertz CT molecular complexity index is 1460. The number of hydrogen-bond acceptors (Lipinski definition) is 5. The fourth-order valence-corrected chi connectivity index (χ4v) is 6.97. The van der Waals surface area contributed by atoms with E-state index in [1.807, 2.05) is 13.0 Å². The van der Waals surface area contributed by atoms with Crippen LogP contribution in [0.2, 0.25) is 0 Å². The molecule has 7 heteroatoms. The number of pyridine rings is 1. The summed E-state index contributed by atoms with van der Waals surface area (Å²) in [6.45, 7) is 9.16. The minimum absolute atomic E-state index is 0.000146. The summed E-state index contributed by atoms with van der Waals surface area (Å²) < 4.78 is 27.1. The molecule has 0 amide bonds. The summed E-state index contributed by atoms with van der Waals surface area (Å²) in [5.74, 6) is 1.33. The summed E-state index contributed by atoms with van der Waals surface area (Å²) in [7, 11) is 1.54. The Morgan fingerprint density at radius 2 is 1.86 bits per heavy atom. The number of halogens is 1. The third-order valence-electron chi connectivity index (χ3n) is 9.77. The van der Waals surface area contributed by atoms with E-state index < -0.39 is 11.9 Å². The van der Waals surface area contributed by atoms with Gasteiger partial charge in [-0.2, -0.15) is 0 Å². The van der Waals surface area contributed by atoms with E-state index in [1.54, 1.807) is 13.2 Å². The lowest BCUT2D eigenvalue weighted by molar-refractivity contribution is -0.142. The van der Waals surface area contributed by atoms with Gasteiger partial charge in [-0.3, -0.25) is 9.69 Å². The number of aliphatic carboxylic acids is 1. The quantitative estimate of drug-likeness (QED) is 0.291. The third kappa shape index (κ3) is 5.76. The summed E-state index contributed by atoms with van der Waals surface area (Å²) in [5.41, 5.74) is 5.69. The first-order valence-corrected chi connectivity index (χ1v) is 15.3. The monoisotopic (exact) mass is 572 g/mol. The Labute approximate surface area is 247 Å². The molecule has 0 bridgehead atoms. The van der Waals surface area contributed by atoms with E-state index in [4.69, 9.17) is 9.47 Å². The maximum absolute atomic E-state index is 15.1. The highest BCUT2D eigenvalue weighted by molar-refractivity contribution is 5.71. The predicted molar refractivity (Wildman–Crippen MR) is 160 cm³/mol. The molecule has 1 aromatic heterocycles. The number of ether oxygens (including phenoxy) is 2. The van der Waals surface area contributed by atoms with Gasteiger partial charge < -0.3 is 14.6 Å². The van der Waals surface area contributed by atoms with Crippen molar-refractivity contribution in [1.29, 1.82) is 0 Å². The van der Waals surface area contributed by atoms with Crippen molar-refractivity contribution in [2.45, 2.75) is 65.0 Å². The van der Waals surface area contributed by atoms with Crippen molar-refractivity contribution >= 4 is 5.97 Å². The topological polar surface area (TPSA) is 71.9 Å². The number of hydrogen-bond donors (Lipinski definition) is 1. The first kappa shape index (κ1) is 28.7. The number of carboxylic acids is 1. The van der Waals surface area contributed by atoms with Crippen LogP contribution in [-0.4, -0.2) is 41.2 Å². The van der Waals surface area contributed by atoms with Gasteiger partial charge in [-0.25, -0.2) is 9.37 Å². The molecule has 1 saturated heterocycles. The van der Waals surface area contributed by atoms with Gasteiger partial charge in [-0.1, -0.05) is 51.1 Å². The van der Waals surface area contributed by atoms with Gasteiger partial charge in [-0.15, -0.1) is 0 Å². The van der Waals surface area contributed by atoms with Crippen molar-refractivity contribution in [3.63, 3.8) is 0 Å². The molecule has 222 valence electrons. The van der Waals surface area contributed by atoms with Crippen LogP contribution in [-0.2, 0) is 17.8 Å². The maximum atomic E-state index is 15.1. The van der Waals surface area contributed by atoms with Crippen molar-refractivity contribution in [2.75, 3.05) is 20.2 Å². The SMILES string of the molecule is COc1cc(-c2ccc([C@H]3CCc4ccc([C@H](C5CC5)[C@H](C)C(=O)O)cc4O3)cc2CN2C[C@@H](C)[C@@H](C)C2)c(F)cn1. The second-order valence-electron chi connectivity index (χ2n) is 12.8. The lowest BCUT2D eigenvalue weighted by atomic mass is 9.82. The standard InChI is InChI=1S/C35H41FN2O4/c1-20-17-38(18-21(20)2)19-27-13-25(9-11-28(27)29-15-33(41-4)37-16-30(29)36)31-12-10-23-5-8-26(14-32(23)42-31)34(24-6-7-24)22(3)35(39)40/h5,8-9,11,13-16,20-22,24,31,34H,6-7,10,12,17-19H2,1-4H3,(H,39,40)/t20-,21+,22-,31+,34-/m0/s1. The zero-order valence-corrected chi connectivity index (χ0v) is 25.0. The van der Waals surface area contributed by atoms with E-state index in [0.29, 0.717) is 29.2 Å². The fraction of sp³-hybridized carbons (Fsp3) is 0.486. The van der Waals surface area contributed by atoms with E-state index in [1.165, 1.54) is 6.20 Å². The van der Waals surface area contributed by atoms with Crippen LogP contribution >= 0.6 is 0 Å². The minimum Gasteiger partial charge on any atom is -0.485 e. The highest BCUT2D eigenvalue weighted by atomic mass is 19.1. The van der Waals surface area contributed by atoms with Crippen LogP contribution < -0.4 is 9.47 Å². The number of benzene rings is 2. The van der Waals surface area contributed by atoms with Crippen molar-refractivity contribution in [3.05, 3.63) is 76.7 Å². The summed E-state index contributed by atoms with van der Waals surface area (Å²) in [6, 6.07) is 14.2. The van der Waals surface area contributed by atoms with Crippen LogP contribution in [0.15, 0.2) is 48.7 Å². The summed E-state index contributed by atoms with van der Waals surface area (Å²) in [6.07, 6.45) is 4.98. The van der Waals surface area contributed by atoms with Gasteiger partial charge in [0.15, 0.2) is 0 Å². The van der Waals surface area contributed by atoms with Gasteiger partial charge in [-0.05, 0) is 83.2 Å². The van der Waals surface area contributed by atoms with Crippen LogP contribution in [0.4, 0.5) is 4.39 Å². The van der Waals surface area contributed by atoms with Crippen LogP contribution in [0, 0.1) is 29.5 Å². The first-order chi connectivity index (χ1) is 20.2. The molecule has 3 aliphatic rings. The molecular formula is C35H41FN2O4. The minimum atomic E-state index is -0.749. The zero-order chi connectivity index (χ0) is 29.5. The Balaban J connectivity index is 1.32. The number of rotatable bonds is 9. The Morgan fingerprint density at radius 1 is 1.10 bits per heavy atom. The molecule has 1 saturated carbocycles. The summed E-state index contributed by atoms with van der Waals surface area (Å²) >= 11 is 0. The molecule has 1 aliphatic carbocycles. The molecule has 1 N–H and O–H groups in total. The van der Waals surface area contributed by atoms with Crippen LogP contribution in [0.3, 0.4) is 0 Å². The molecule has 3 aromatic rings. The van der Waals surface area contributed by atoms with Crippen molar-refractivity contribution in [3.8, 4) is 22.8 Å². The van der Waals surface area contributed by atoms with Gasteiger partial charge in [0.2, 0.25) is 5.88 Å². The molecule has 2 aromatic carbocycles. The van der Waals surface area contributed by atoms with Gasteiger partial charge >= 0.3 is 5.97 Å². The maximum Gasteiger partial charge on any atom is 0.306 e. The number of aromatic nitrogens is 1. The highest BCUT2D eigenvalue weighted by Gasteiger charge is 2.39. The number of nitrogens with zero attached hydrogens (tertiary/aromatic N) is 2. The predicted octanol–water partition coefficient (Wildman–Crippen LogP) is 7.26. The van der Waals surface area contributed by atoms with Crippen molar-refractivity contribution in [1.82, 2.24) is 9.88 Å². The van der Waals surface area contributed by atoms with Crippen LogP contribution in [0.1, 0.15) is 74.3 Å². The zero-order valence-electron chi connectivity index (χ0n) is 25.0. The number of fused-ring (bicyclic) bond motifs is 1. The van der Waals surface area contributed by atoms with Gasteiger partial charge in [0, 0.05) is 31.3 Å². The normalized spacial score (nSPS) is 23.6. The van der Waals surface area contributed by atoms with E-state index in [9.17, 15) is 9.90 Å². The molecule has 42 heavy (non-hydrogen) atoms. The average molecular weight is 573 g/mol. The summed E-state index contributed by atoms with van der Waals surface area (Å²) in [5, 5.41) is 9.76. The number of aryl methyl sites for hydroxylation is 1. The molecular weight excluding hydrogens is 531 g/mol. The molecule has 0 unspecified atom stereocenters. The average Bonchev–Trinajstić information content (AvgIpc) is 3.77. The lowest BCUT2D eigenvalue weighted by Gasteiger charge is -2.29. The largest absolute Gasteiger partial charge is 0.485 e. The number of likely N-dealkylation sites (tertiary alicyclic amines) is 1. The smallest absolute Gasteiger partial charge is 0.306 e. The second kappa shape index (κ2) is 11.7. The van der Waals surface area contributed by atoms with E-state index in [-0.39, 0.29) is 17.8 Å². The van der Waals surface area contributed by atoms with Crippen molar-refractivity contribution < 1.29 is 23.8 Å². The number of methoxy groups -OCH3 is 1. The fourth-order valence-electron chi connectivity index (χ4n) is 6.97. The molecule has 2 fully saturated rings. The molecule has 2 aliphatic heterocycles. The number of carbonyl (C=O) groups is 1. The van der Waals surface area contributed by atoms with Gasteiger partial charge in [0.1, 0.15) is 17.7 Å². The van der Waals surface area contributed by atoms with E-state index in [2.05, 4.69) is 54.1 Å². The molecule has 6 rings (SSSR count). The molecule has 3 heterocycles. The summed E-state index contributed by atoms with van der Waals surface area (Å²) in [4.78, 5) is 18.4. The van der Waals surface area contributed by atoms with Crippen LogP contribution in [0.5, 0.6) is 11.6 Å². The Morgan fingerprint density at radius 3 is 2.55 bits per heavy atom.